The van der Waals surface area contributed by atoms with Crippen molar-refractivity contribution >= 4 is 18.3 Å². The van der Waals surface area contributed by atoms with Crippen LogP contribution in [0.3, 0.4) is 0 Å². The molecule has 6 heteroatoms. The van der Waals surface area contributed by atoms with E-state index in [2.05, 4.69) is 12.2 Å². The van der Waals surface area contributed by atoms with Crippen LogP contribution in [0.25, 0.3) is 0 Å². The highest BCUT2D eigenvalue weighted by atomic mass is 35.5. The predicted molar refractivity (Wildman–Crippen MR) is 82.4 cm³/mol. The van der Waals surface area contributed by atoms with Crippen molar-refractivity contribution in [3.8, 4) is 11.5 Å². The predicted octanol–water partition coefficient (Wildman–Crippen LogP) is 1.24. The molecular formula is C15H21ClN2O3. The van der Waals surface area contributed by atoms with Gasteiger partial charge in [0.25, 0.3) is 0 Å². The minimum absolute atomic E-state index is 0. The maximum Gasteiger partial charge on any atom is 0.227 e. The van der Waals surface area contributed by atoms with Gasteiger partial charge in [0, 0.05) is 25.7 Å². The SMILES string of the molecule is C[C@@H]1CNCCN1C(=O)Cc1ccc2c(c1)OCCO2.Cl. The van der Waals surface area contributed by atoms with Gasteiger partial charge in [-0.25, -0.2) is 0 Å². The van der Waals surface area contributed by atoms with Gasteiger partial charge in [-0.2, -0.15) is 0 Å². The van der Waals surface area contributed by atoms with Crippen molar-refractivity contribution in [3.63, 3.8) is 0 Å². The lowest BCUT2D eigenvalue weighted by Crippen LogP contribution is -2.52. The quantitative estimate of drug-likeness (QED) is 0.893. The molecule has 1 fully saturated rings. The molecule has 1 atom stereocenters. The Hall–Kier alpha value is -1.46. The molecule has 2 aliphatic heterocycles. The van der Waals surface area contributed by atoms with Crippen LogP contribution in [-0.4, -0.2) is 49.7 Å². The Bertz CT molecular complexity index is 510. The molecule has 0 saturated carbocycles. The van der Waals surface area contributed by atoms with Gasteiger partial charge in [-0.05, 0) is 24.6 Å². The number of halogens is 1. The first-order chi connectivity index (χ1) is 9.74. The number of ether oxygens (including phenoxy) is 2. The lowest BCUT2D eigenvalue weighted by Gasteiger charge is -2.34. The highest BCUT2D eigenvalue weighted by Crippen LogP contribution is 2.31. The first-order valence-electron chi connectivity index (χ1n) is 7.13. The molecule has 5 nitrogen and oxygen atoms in total. The average molecular weight is 313 g/mol. The topological polar surface area (TPSA) is 50.8 Å². The van der Waals surface area contributed by atoms with Crippen LogP contribution in [0.1, 0.15) is 12.5 Å². The minimum Gasteiger partial charge on any atom is -0.486 e. The van der Waals surface area contributed by atoms with E-state index < -0.39 is 0 Å². The van der Waals surface area contributed by atoms with Gasteiger partial charge in [0.15, 0.2) is 11.5 Å². The summed E-state index contributed by atoms with van der Waals surface area (Å²) in [4.78, 5) is 14.3. The second-order valence-corrected chi connectivity index (χ2v) is 5.30. The van der Waals surface area contributed by atoms with Gasteiger partial charge in [-0.1, -0.05) is 6.07 Å². The molecule has 0 bridgehead atoms. The number of nitrogens with one attached hydrogen (secondary N) is 1. The van der Waals surface area contributed by atoms with Gasteiger partial charge < -0.3 is 19.7 Å². The van der Waals surface area contributed by atoms with Crippen LogP contribution in [0.15, 0.2) is 18.2 Å². The summed E-state index contributed by atoms with van der Waals surface area (Å²) in [5.41, 5.74) is 0.977. The summed E-state index contributed by atoms with van der Waals surface area (Å²) in [7, 11) is 0. The van der Waals surface area contributed by atoms with Crippen LogP contribution in [0.2, 0.25) is 0 Å². The molecule has 1 amide bonds. The van der Waals surface area contributed by atoms with E-state index in [9.17, 15) is 4.79 Å². The second kappa shape index (κ2) is 7.00. The maximum absolute atomic E-state index is 12.4. The molecule has 116 valence electrons. The lowest BCUT2D eigenvalue weighted by molar-refractivity contribution is -0.133. The summed E-state index contributed by atoms with van der Waals surface area (Å²) in [6, 6.07) is 6.00. The summed E-state index contributed by atoms with van der Waals surface area (Å²) in [5, 5.41) is 3.29. The van der Waals surface area contributed by atoms with Crippen molar-refractivity contribution in [2.45, 2.75) is 19.4 Å². The summed E-state index contributed by atoms with van der Waals surface area (Å²) in [6.07, 6.45) is 0.418. The zero-order valence-corrected chi connectivity index (χ0v) is 12.9. The molecule has 0 aliphatic carbocycles. The third-order valence-corrected chi connectivity index (χ3v) is 3.78. The fourth-order valence-corrected chi connectivity index (χ4v) is 2.69. The van der Waals surface area contributed by atoms with Gasteiger partial charge in [0.1, 0.15) is 13.2 Å². The van der Waals surface area contributed by atoms with Crippen molar-refractivity contribution in [2.24, 2.45) is 0 Å². The molecule has 1 saturated heterocycles. The van der Waals surface area contributed by atoms with E-state index in [4.69, 9.17) is 9.47 Å². The van der Waals surface area contributed by atoms with E-state index in [1.54, 1.807) is 0 Å². The standard InChI is InChI=1S/C15H20N2O3.ClH/c1-11-10-16-4-5-17(11)15(18)9-12-2-3-13-14(8-12)20-7-6-19-13;/h2-3,8,11,16H,4-7,9-10H2,1H3;1H/t11-;/m1./s1. The molecule has 2 aliphatic rings. The Balaban J connectivity index is 0.00000161. The van der Waals surface area contributed by atoms with Crippen LogP contribution < -0.4 is 14.8 Å². The van der Waals surface area contributed by atoms with E-state index in [-0.39, 0.29) is 24.4 Å². The van der Waals surface area contributed by atoms with Crippen molar-refractivity contribution < 1.29 is 14.3 Å². The van der Waals surface area contributed by atoms with Gasteiger partial charge in [-0.15, -0.1) is 12.4 Å². The largest absolute Gasteiger partial charge is 0.486 e. The van der Waals surface area contributed by atoms with Crippen molar-refractivity contribution in [2.75, 3.05) is 32.8 Å². The van der Waals surface area contributed by atoms with Crippen LogP contribution in [0, 0.1) is 0 Å². The first-order valence-corrected chi connectivity index (χ1v) is 7.13. The summed E-state index contributed by atoms with van der Waals surface area (Å²) in [5.74, 6) is 1.69. The van der Waals surface area contributed by atoms with Crippen LogP contribution >= 0.6 is 12.4 Å². The summed E-state index contributed by atoms with van der Waals surface area (Å²) < 4.78 is 11.0. The van der Waals surface area contributed by atoms with Crippen LogP contribution in [0.4, 0.5) is 0 Å². The zero-order valence-electron chi connectivity index (χ0n) is 12.1. The lowest BCUT2D eigenvalue weighted by atomic mass is 10.1. The van der Waals surface area contributed by atoms with Crippen LogP contribution in [0.5, 0.6) is 11.5 Å². The summed E-state index contributed by atoms with van der Waals surface area (Å²) in [6.45, 7) is 5.76. The van der Waals surface area contributed by atoms with Gasteiger partial charge >= 0.3 is 0 Å². The van der Waals surface area contributed by atoms with Gasteiger partial charge in [-0.3, -0.25) is 4.79 Å². The molecular weight excluding hydrogens is 292 g/mol. The molecule has 0 aromatic heterocycles. The van der Waals surface area contributed by atoms with E-state index in [1.807, 2.05) is 23.1 Å². The highest BCUT2D eigenvalue weighted by Gasteiger charge is 2.23. The smallest absolute Gasteiger partial charge is 0.227 e. The first kappa shape index (κ1) is 15.9. The molecule has 0 radical (unpaired) electrons. The van der Waals surface area contributed by atoms with Crippen molar-refractivity contribution in [1.82, 2.24) is 10.2 Å². The fraction of sp³-hybridized carbons (Fsp3) is 0.533. The number of carbonyl (C=O) groups excluding carboxylic acids is 1. The Morgan fingerprint density at radius 1 is 1.33 bits per heavy atom. The Morgan fingerprint density at radius 2 is 2.10 bits per heavy atom. The molecule has 0 spiro atoms. The number of hydrogen-bond donors (Lipinski definition) is 1. The average Bonchev–Trinajstić information content (AvgIpc) is 2.47. The minimum atomic E-state index is 0. The molecule has 21 heavy (non-hydrogen) atoms. The fourth-order valence-electron chi connectivity index (χ4n) is 2.69. The highest BCUT2D eigenvalue weighted by molar-refractivity contribution is 5.85. The number of rotatable bonds is 2. The third kappa shape index (κ3) is 3.60. The number of fused-ring (bicyclic) bond motifs is 1. The number of carbonyl (C=O) groups is 1. The summed E-state index contributed by atoms with van der Waals surface area (Å²) >= 11 is 0. The van der Waals surface area contributed by atoms with Crippen molar-refractivity contribution in [3.05, 3.63) is 23.8 Å². The number of benzene rings is 1. The number of amides is 1. The molecule has 1 aromatic rings. The van der Waals surface area contributed by atoms with E-state index in [0.717, 1.165) is 36.7 Å². The number of piperazine rings is 1. The van der Waals surface area contributed by atoms with Crippen LogP contribution in [-0.2, 0) is 11.2 Å². The Labute approximate surface area is 131 Å². The van der Waals surface area contributed by atoms with Gasteiger partial charge in [0.2, 0.25) is 5.91 Å². The number of nitrogens with zero attached hydrogens (tertiary/aromatic N) is 1. The molecule has 1 aromatic carbocycles. The van der Waals surface area contributed by atoms with Crippen molar-refractivity contribution in [1.29, 1.82) is 0 Å². The third-order valence-electron chi connectivity index (χ3n) is 3.78. The molecule has 3 rings (SSSR count). The zero-order chi connectivity index (χ0) is 13.9. The van der Waals surface area contributed by atoms with Gasteiger partial charge in [0.05, 0.1) is 6.42 Å². The second-order valence-electron chi connectivity index (χ2n) is 5.30. The molecule has 0 unspecified atom stereocenters. The Kier molecular flexibility index (Phi) is 5.31. The normalized spacial score (nSPS) is 20.6. The van der Waals surface area contributed by atoms with E-state index in [0.29, 0.717) is 19.6 Å². The number of hydrogen-bond acceptors (Lipinski definition) is 4. The monoisotopic (exact) mass is 312 g/mol. The van der Waals surface area contributed by atoms with E-state index in [1.165, 1.54) is 0 Å². The Morgan fingerprint density at radius 3 is 2.86 bits per heavy atom. The molecule has 2 heterocycles. The van der Waals surface area contributed by atoms with E-state index >= 15 is 0 Å². The molecule has 1 N–H and O–H groups in total. The maximum atomic E-state index is 12.4.